The highest BCUT2D eigenvalue weighted by Gasteiger charge is 2.21. The lowest BCUT2D eigenvalue weighted by atomic mass is 10.1. The first kappa shape index (κ1) is 17.4. The van der Waals surface area contributed by atoms with Gasteiger partial charge in [0.2, 0.25) is 5.91 Å². The normalized spacial score (nSPS) is 11.7. The van der Waals surface area contributed by atoms with Gasteiger partial charge in [0.15, 0.2) is 0 Å². The van der Waals surface area contributed by atoms with Crippen molar-refractivity contribution in [3.05, 3.63) is 69.0 Å². The zero-order valence-corrected chi connectivity index (χ0v) is 14.3. The number of carboxylic acids is 1. The number of halogens is 2. The van der Waals surface area contributed by atoms with Crippen molar-refractivity contribution in [2.24, 2.45) is 0 Å². The molecular weight excluding hydrogens is 412 g/mol. The van der Waals surface area contributed by atoms with E-state index in [2.05, 4.69) is 27.9 Å². The van der Waals surface area contributed by atoms with E-state index in [0.29, 0.717) is 5.56 Å². The van der Waals surface area contributed by atoms with Crippen molar-refractivity contribution in [2.75, 3.05) is 0 Å². The first-order valence-corrected chi connectivity index (χ1v) is 8.03. The van der Waals surface area contributed by atoms with Gasteiger partial charge < -0.3 is 10.4 Å². The monoisotopic (exact) mass is 427 g/mol. The molecule has 0 aliphatic heterocycles. The summed E-state index contributed by atoms with van der Waals surface area (Å²) in [6.45, 7) is 0. The van der Waals surface area contributed by atoms with Crippen molar-refractivity contribution in [3.8, 4) is 0 Å². The summed E-state index contributed by atoms with van der Waals surface area (Å²) in [7, 11) is 0. The Morgan fingerprint density at radius 2 is 1.91 bits per heavy atom. The minimum absolute atomic E-state index is 0.0621. The highest BCUT2D eigenvalue weighted by atomic mass is 127. The van der Waals surface area contributed by atoms with Gasteiger partial charge in [0, 0.05) is 9.99 Å². The summed E-state index contributed by atoms with van der Waals surface area (Å²) in [4.78, 5) is 23.4. The number of carbonyl (C=O) groups is 2. The fraction of sp³-hybridized carbons (Fsp3) is 0.176. The number of hydrogen-bond acceptors (Lipinski definition) is 2. The summed E-state index contributed by atoms with van der Waals surface area (Å²) in [5.74, 6) is -1.98. The lowest BCUT2D eigenvalue weighted by Gasteiger charge is -2.15. The molecule has 0 fully saturated rings. The van der Waals surface area contributed by atoms with Crippen molar-refractivity contribution in [1.29, 1.82) is 0 Å². The van der Waals surface area contributed by atoms with Crippen molar-refractivity contribution >= 4 is 34.5 Å². The van der Waals surface area contributed by atoms with Crippen LogP contribution in [0.5, 0.6) is 0 Å². The summed E-state index contributed by atoms with van der Waals surface area (Å²) in [6, 6.07) is 12.1. The van der Waals surface area contributed by atoms with Gasteiger partial charge in [0.25, 0.3) is 0 Å². The lowest BCUT2D eigenvalue weighted by molar-refractivity contribution is -0.141. The van der Waals surface area contributed by atoms with Gasteiger partial charge in [0.05, 0.1) is 6.42 Å². The molecule has 0 aliphatic rings. The first-order valence-electron chi connectivity index (χ1n) is 6.95. The predicted molar refractivity (Wildman–Crippen MR) is 92.5 cm³/mol. The molecule has 0 heterocycles. The van der Waals surface area contributed by atoms with Crippen molar-refractivity contribution < 1.29 is 19.1 Å². The van der Waals surface area contributed by atoms with E-state index in [9.17, 15) is 19.1 Å². The maximum absolute atomic E-state index is 13.1. The Morgan fingerprint density at radius 1 is 1.17 bits per heavy atom. The van der Waals surface area contributed by atoms with Crippen molar-refractivity contribution in [1.82, 2.24) is 5.32 Å². The van der Waals surface area contributed by atoms with E-state index in [4.69, 9.17) is 0 Å². The largest absolute Gasteiger partial charge is 0.480 e. The summed E-state index contributed by atoms with van der Waals surface area (Å²) < 4.78 is 14.1. The molecule has 1 amide bonds. The van der Waals surface area contributed by atoms with Crippen LogP contribution in [0.15, 0.2) is 48.5 Å². The molecule has 4 nitrogen and oxygen atoms in total. The van der Waals surface area contributed by atoms with Crippen LogP contribution in [-0.4, -0.2) is 23.0 Å². The van der Waals surface area contributed by atoms with Crippen LogP contribution in [-0.2, 0) is 22.4 Å². The van der Waals surface area contributed by atoms with Crippen LogP contribution in [0.2, 0.25) is 0 Å². The Labute approximate surface area is 146 Å². The second-order valence-electron chi connectivity index (χ2n) is 5.06. The first-order chi connectivity index (χ1) is 11.0. The average Bonchev–Trinajstić information content (AvgIpc) is 2.48. The fourth-order valence-electron chi connectivity index (χ4n) is 2.16. The zero-order chi connectivity index (χ0) is 16.8. The molecule has 6 heteroatoms. The summed E-state index contributed by atoms with van der Waals surface area (Å²) >= 11 is 2.13. The van der Waals surface area contributed by atoms with Crippen molar-refractivity contribution in [2.45, 2.75) is 18.9 Å². The molecule has 0 unspecified atom stereocenters. The molecule has 0 spiro atoms. The fourth-order valence-corrected chi connectivity index (χ4v) is 2.77. The summed E-state index contributed by atoms with van der Waals surface area (Å²) in [5, 5.41) is 11.8. The molecule has 23 heavy (non-hydrogen) atoms. The molecule has 2 N–H and O–H groups in total. The molecule has 2 aromatic carbocycles. The van der Waals surface area contributed by atoms with Crippen LogP contribution in [0.4, 0.5) is 4.39 Å². The molecule has 0 radical (unpaired) electrons. The number of hydrogen-bond donors (Lipinski definition) is 2. The molecule has 0 saturated carbocycles. The Kier molecular flexibility index (Phi) is 6.09. The van der Waals surface area contributed by atoms with Crippen LogP contribution in [0, 0.1) is 9.39 Å². The SMILES string of the molecule is O=C(Cc1cccc(F)c1)N[C@H](Cc1ccccc1I)C(=O)O. The van der Waals surface area contributed by atoms with Gasteiger partial charge in [-0.25, -0.2) is 9.18 Å². The molecule has 120 valence electrons. The maximum Gasteiger partial charge on any atom is 0.326 e. The maximum atomic E-state index is 13.1. The molecule has 1 atom stereocenters. The van der Waals surface area contributed by atoms with Crippen LogP contribution < -0.4 is 5.32 Å². The van der Waals surface area contributed by atoms with E-state index in [0.717, 1.165) is 9.13 Å². The van der Waals surface area contributed by atoms with E-state index < -0.39 is 23.7 Å². The predicted octanol–water partition coefficient (Wildman–Crippen LogP) is 2.78. The number of amides is 1. The Bertz CT molecular complexity index is 720. The minimum Gasteiger partial charge on any atom is -0.480 e. The van der Waals surface area contributed by atoms with Gasteiger partial charge in [-0.3, -0.25) is 4.79 Å². The molecule has 0 aromatic heterocycles. The molecular formula is C17H15FINO3. The number of benzene rings is 2. The van der Waals surface area contributed by atoms with Crippen LogP contribution >= 0.6 is 22.6 Å². The smallest absolute Gasteiger partial charge is 0.326 e. The van der Waals surface area contributed by atoms with Crippen LogP contribution in [0.3, 0.4) is 0 Å². The number of carbonyl (C=O) groups excluding carboxylic acids is 1. The highest BCUT2D eigenvalue weighted by molar-refractivity contribution is 14.1. The highest BCUT2D eigenvalue weighted by Crippen LogP contribution is 2.14. The van der Waals surface area contributed by atoms with Crippen LogP contribution in [0.25, 0.3) is 0 Å². The molecule has 0 saturated heterocycles. The molecule has 2 rings (SSSR count). The van der Waals surface area contributed by atoms with Crippen LogP contribution in [0.1, 0.15) is 11.1 Å². The summed E-state index contributed by atoms with van der Waals surface area (Å²) in [5.41, 5.74) is 1.35. The quantitative estimate of drug-likeness (QED) is 0.697. The standard InChI is InChI=1S/C17H15FINO3/c18-13-6-3-4-11(8-13)9-16(21)20-15(17(22)23)10-12-5-1-2-7-14(12)19/h1-8,15H,9-10H2,(H,20,21)(H,22,23)/t15-/m1/s1. The number of rotatable bonds is 6. The Balaban J connectivity index is 2.03. The van der Waals surface area contributed by atoms with E-state index >= 15 is 0 Å². The second-order valence-corrected chi connectivity index (χ2v) is 6.22. The minimum atomic E-state index is -1.10. The van der Waals surface area contributed by atoms with Gasteiger partial charge in [-0.2, -0.15) is 0 Å². The molecule has 0 bridgehead atoms. The third-order valence-corrected chi connectivity index (χ3v) is 4.32. The number of aliphatic carboxylic acids is 1. The zero-order valence-electron chi connectivity index (χ0n) is 12.1. The Hall–Kier alpha value is -1.96. The average molecular weight is 427 g/mol. The number of carboxylic acid groups (broad SMARTS) is 1. The van der Waals surface area contributed by atoms with Gasteiger partial charge in [-0.15, -0.1) is 0 Å². The van der Waals surface area contributed by atoms with Crippen molar-refractivity contribution in [3.63, 3.8) is 0 Å². The van der Waals surface area contributed by atoms with E-state index in [1.165, 1.54) is 18.2 Å². The topological polar surface area (TPSA) is 66.4 Å². The lowest BCUT2D eigenvalue weighted by Crippen LogP contribution is -2.43. The number of nitrogens with one attached hydrogen (secondary N) is 1. The van der Waals surface area contributed by atoms with Gasteiger partial charge in [-0.05, 0) is 51.9 Å². The van der Waals surface area contributed by atoms with Gasteiger partial charge in [0.1, 0.15) is 11.9 Å². The third-order valence-electron chi connectivity index (χ3n) is 3.27. The molecule has 2 aromatic rings. The van der Waals surface area contributed by atoms with E-state index in [-0.39, 0.29) is 12.8 Å². The van der Waals surface area contributed by atoms with E-state index in [1.54, 1.807) is 6.07 Å². The van der Waals surface area contributed by atoms with E-state index in [1.807, 2.05) is 24.3 Å². The van der Waals surface area contributed by atoms with Gasteiger partial charge >= 0.3 is 5.97 Å². The molecule has 0 aliphatic carbocycles. The Morgan fingerprint density at radius 3 is 2.57 bits per heavy atom. The third kappa shape index (κ3) is 5.31. The van der Waals surface area contributed by atoms with Gasteiger partial charge in [-0.1, -0.05) is 30.3 Å². The summed E-state index contributed by atoms with van der Waals surface area (Å²) in [6.07, 6.45) is 0.136. The second kappa shape index (κ2) is 8.05.